The fourth-order valence-electron chi connectivity index (χ4n) is 1.90. The van der Waals surface area contributed by atoms with E-state index in [2.05, 4.69) is 0 Å². The van der Waals surface area contributed by atoms with Crippen molar-refractivity contribution in [3.05, 3.63) is 35.4 Å². The Bertz CT molecular complexity index is 408. The van der Waals surface area contributed by atoms with Crippen LogP contribution in [0, 0.1) is 5.41 Å². The lowest BCUT2D eigenvalue weighted by atomic mass is 9.86. The van der Waals surface area contributed by atoms with E-state index in [9.17, 15) is 4.79 Å². The quantitative estimate of drug-likeness (QED) is 0.753. The third-order valence-corrected chi connectivity index (χ3v) is 2.95. The standard InChI is InChI=1S/C15H20O3/c1-15(2,3)13(16)11-5-7-12(8-6-11)14-17-9-4-10-18-14/h5-8,14H,4,9-10H2,1-3H3. The van der Waals surface area contributed by atoms with Crippen molar-refractivity contribution in [2.75, 3.05) is 13.2 Å². The summed E-state index contributed by atoms with van der Waals surface area (Å²) < 4.78 is 11.0. The summed E-state index contributed by atoms with van der Waals surface area (Å²) in [6, 6.07) is 7.53. The minimum absolute atomic E-state index is 0.152. The van der Waals surface area contributed by atoms with Gasteiger partial charge in [0.2, 0.25) is 0 Å². The topological polar surface area (TPSA) is 35.5 Å². The highest BCUT2D eigenvalue weighted by atomic mass is 16.7. The second-order valence-electron chi connectivity index (χ2n) is 5.63. The molecule has 18 heavy (non-hydrogen) atoms. The van der Waals surface area contributed by atoms with Gasteiger partial charge < -0.3 is 9.47 Å². The number of ether oxygens (including phenoxy) is 2. The zero-order chi connectivity index (χ0) is 13.2. The van der Waals surface area contributed by atoms with Crippen LogP contribution >= 0.6 is 0 Å². The minimum Gasteiger partial charge on any atom is -0.348 e. The van der Waals surface area contributed by atoms with E-state index in [4.69, 9.17) is 9.47 Å². The fraction of sp³-hybridized carbons (Fsp3) is 0.533. The van der Waals surface area contributed by atoms with Gasteiger partial charge in [0, 0.05) is 16.5 Å². The fourth-order valence-corrected chi connectivity index (χ4v) is 1.90. The Morgan fingerprint density at radius 3 is 2.17 bits per heavy atom. The van der Waals surface area contributed by atoms with E-state index in [1.54, 1.807) is 0 Å². The van der Waals surface area contributed by atoms with Gasteiger partial charge in [0.05, 0.1) is 13.2 Å². The van der Waals surface area contributed by atoms with E-state index < -0.39 is 0 Å². The molecule has 0 atom stereocenters. The van der Waals surface area contributed by atoms with E-state index in [0.717, 1.165) is 30.8 Å². The minimum atomic E-state index is -0.348. The molecular formula is C15H20O3. The molecule has 1 fully saturated rings. The molecule has 1 aliphatic heterocycles. The number of hydrogen-bond acceptors (Lipinski definition) is 3. The van der Waals surface area contributed by atoms with Crippen molar-refractivity contribution in [1.29, 1.82) is 0 Å². The van der Waals surface area contributed by atoms with Crippen molar-refractivity contribution in [3.63, 3.8) is 0 Å². The maximum atomic E-state index is 12.1. The summed E-state index contributed by atoms with van der Waals surface area (Å²) in [5, 5.41) is 0. The number of carbonyl (C=O) groups excluding carboxylic acids is 1. The molecule has 3 heteroatoms. The summed E-state index contributed by atoms with van der Waals surface area (Å²) in [5.41, 5.74) is 1.36. The summed E-state index contributed by atoms with van der Waals surface area (Å²) >= 11 is 0. The van der Waals surface area contributed by atoms with Crippen LogP contribution in [0.3, 0.4) is 0 Å². The second-order valence-corrected chi connectivity index (χ2v) is 5.63. The van der Waals surface area contributed by atoms with Crippen molar-refractivity contribution in [2.45, 2.75) is 33.5 Å². The average Bonchev–Trinajstić information content (AvgIpc) is 2.38. The highest BCUT2D eigenvalue weighted by molar-refractivity contribution is 5.99. The van der Waals surface area contributed by atoms with Gasteiger partial charge in [-0.15, -0.1) is 0 Å². The van der Waals surface area contributed by atoms with Crippen molar-refractivity contribution in [2.24, 2.45) is 5.41 Å². The summed E-state index contributed by atoms with van der Waals surface area (Å²) in [4.78, 5) is 12.1. The zero-order valence-corrected chi connectivity index (χ0v) is 11.2. The van der Waals surface area contributed by atoms with Gasteiger partial charge >= 0.3 is 0 Å². The molecular weight excluding hydrogens is 228 g/mol. The van der Waals surface area contributed by atoms with E-state index in [-0.39, 0.29) is 17.5 Å². The lowest BCUT2D eigenvalue weighted by molar-refractivity contribution is -0.183. The number of rotatable bonds is 2. The SMILES string of the molecule is CC(C)(C)C(=O)c1ccc(C2OCCCO2)cc1. The van der Waals surface area contributed by atoms with Gasteiger partial charge in [0.15, 0.2) is 12.1 Å². The largest absolute Gasteiger partial charge is 0.348 e. The number of ketones is 1. The summed E-state index contributed by atoms with van der Waals surface area (Å²) in [5.74, 6) is 0.152. The highest BCUT2D eigenvalue weighted by Crippen LogP contribution is 2.25. The third kappa shape index (κ3) is 2.98. The number of carbonyl (C=O) groups is 1. The Balaban J connectivity index is 2.12. The maximum absolute atomic E-state index is 12.1. The molecule has 0 bridgehead atoms. The van der Waals surface area contributed by atoms with Gasteiger partial charge in [-0.2, -0.15) is 0 Å². The first-order valence-corrected chi connectivity index (χ1v) is 6.36. The van der Waals surface area contributed by atoms with Crippen LogP contribution < -0.4 is 0 Å². The lowest BCUT2D eigenvalue weighted by Crippen LogP contribution is -2.20. The van der Waals surface area contributed by atoms with E-state index in [0.29, 0.717) is 0 Å². The third-order valence-electron chi connectivity index (χ3n) is 2.95. The molecule has 1 aromatic rings. The molecule has 0 saturated carbocycles. The predicted octanol–water partition coefficient (Wildman–Crippen LogP) is 3.35. The van der Waals surface area contributed by atoms with Gasteiger partial charge in [-0.25, -0.2) is 0 Å². The van der Waals surface area contributed by atoms with Gasteiger partial charge in [0.25, 0.3) is 0 Å². The number of Topliss-reactive ketones (excluding diaryl/α,β-unsaturated/α-hetero) is 1. The van der Waals surface area contributed by atoms with Crippen LogP contribution in [0.25, 0.3) is 0 Å². The number of benzene rings is 1. The molecule has 0 aromatic heterocycles. The van der Waals surface area contributed by atoms with Crippen molar-refractivity contribution >= 4 is 5.78 Å². The Kier molecular flexibility index (Phi) is 3.83. The van der Waals surface area contributed by atoms with Gasteiger partial charge in [0.1, 0.15) is 0 Å². The Morgan fingerprint density at radius 2 is 1.67 bits per heavy atom. The van der Waals surface area contributed by atoms with Crippen LogP contribution in [0.4, 0.5) is 0 Å². The molecule has 98 valence electrons. The normalized spacial score (nSPS) is 17.7. The molecule has 1 aromatic carbocycles. The number of hydrogen-bond donors (Lipinski definition) is 0. The first kappa shape index (κ1) is 13.2. The summed E-state index contributed by atoms with van der Waals surface area (Å²) in [6.07, 6.45) is 0.662. The average molecular weight is 248 g/mol. The van der Waals surface area contributed by atoms with E-state index in [1.165, 1.54) is 0 Å². The molecule has 0 aliphatic carbocycles. The van der Waals surface area contributed by atoms with Crippen LogP contribution in [0.1, 0.15) is 49.4 Å². The van der Waals surface area contributed by atoms with Crippen LogP contribution in [0.15, 0.2) is 24.3 Å². The molecule has 1 heterocycles. The maximum Gasteiger partial charge on any atom is 0.183 e. The molecule has 1 saturated heterocycles. The first-order valence-electron chi connectivity index (χ1n) is 6.36. The van der Waals surface area contributed by atoms with Crippen LogP contribution in [0.2, 0.25) is 0 Å². The predicted molar refractivity (Wildman–Crippen MR) is 69.5 cm³/mol. The summed E-state index contributed by atoms with van der Waals surface area (Å²) in [6.45, 7) is 7.24. The van der Waals surface area contributed by atoms with Crippen LogP contribution in [-0.2, 0) is 9.47 Å². The molecule has 3 nitrogen and oxygen atoms in total. The van der Waals surface area contributed by atoms with Gasteiger partial charge in [-0.3, -0.25) is 4.79 Å². The Morgan fingerprint density at radius 1 is 1.11 bits per heavy atom. The zero-order valence-electron chi connectivity index (χ0n) is 11.2. The molecule has 0 radical (unpaired) electrons. The lowest BCUT2D eigenvalue weighted by Gasteiger charge is -2.23. The van der Waals surface area contributed by atoms with Crippen molar-refractivity contribution < 1.29 is 14.3 Å². The Hall–Kier alpha value is -1.19. The van der Waals surface area contributed by atoms with Crippen molar-refractivity contribution in [1.82, 2.24) is 0 Å². The highest BCUT2D eigenvalue weighted by Gasteiger charge is 2.23. The van der Waals surface area contributed by atoms with Crippen molar-refractivity contribution in [3.8, 4) is 0 Å². The molecule has 0 N–H and O–H groups in total. The van der Waals surface area contributed by atoms with E-state index >= 15 is 0 Å². The molecule has 2 rings (SSSR count). The van der Waals surface area contributed by atoms with Crippen LogP contribution in [0.5, 0.6) is 0 Å². The first-order chi connectivity index (χ1) is 8.48. The monoisotopic (exact) mass is 248 g/mol. The Labute approximate surface area is 108 Å². The van der Waals surface area contributed by atoms with E-state index in [1.807, 2.05) is 45.0 Å². The summed E-state index contributed by atoms with van der Waals surface area (Å²) in [7, 11) is 0. The molecule has 0 unspecified atom stereocenters. The van der Waals surface area contributed by atoms with Gasteiger partial charge in [-0.1, -0.05) is 45.0 Å². The smallest absolute Gasteiger partial charge is 0.183 e. The van der Waals surface area contributed by atoms with Crippen LogP contribution in [-0.4, -0.2) is 19.0 Å². The molecule has 1 aliphatic rings. The van der Waals surface area contributed by atoms with Gasteiger partial charge in [-0.05, 0) is 6.42 Å². The molecule has 0 spiro atoms. The molecule has 0 amide bonds. The second kappa shape index (κ2) is 5.21.